The van der Waals surface area contributed by atoms with Gasteiger partial charge >= 0.3 is 0 Å². The lowest BCUT2D eigenvalue weighted by Gasteiger charge is -2.44. The number of carbonyl (C=O) groups is 1. The van der Waals surface area contributed by atoms with Gasteiger partial charge in [0.15, 0.2) is 0 Å². The minimum absolute atomic E-state index is 0.0630. The molecule has 0 fully saturated rings. The zero-order chi connectivity index (χ0) is 20.1. The lowest BCUT2D eigenvalue weighted by atomic mass is 9.91. The molecule has 0 aromatic heterocycles. The molecule has 1 rings (SSSR count). The summed E-state index contributed by atoms with van der Waals surface area (Å²) >= 11 is 0. The van der Waals surface area contributed by atoms with Crippen molar-refractivity contribution >= 4 is 14.1 Å². The first-order chi connectivity index (χ1) is 12.0. The standard InChI is InChI=1S/C22H38O3Si/c1-15(2)26(16(3)4,17(5)6)25-18(7)14-21(23)19(8)22(24)20-12-10-9-11-13-20/h9-13,15-19,22,24H,14H2,1-8H3/t18-,19+,22?/m0/s1. The Bertz CT molecular complexity index is 532. The summed E-state index contributed by atoms with van der Waals surface area (Å²) in [5, 5.41) is 10.5. The van der Waals surface area contributed by atoms with Crippen molar-refractivity contribution in [3.8, 4) is 0 Å². The molecule has 1 aromatic rings. The van der Waals surface area contributed by atoms with Crippen molar-refractivity contribution in [2.24, 2.45) is 5.92 Å². The molecule has 26 heavy (non-hydrogen) atoms. The monoisotopic (exact) mass is 378 g/mol. The molecule has 3 nitrogen and oxygen atoms in total. The van der Waals surface area contributed by atoms with Crippen LogP contribution < -0.4 is 0 Å². The molecular formula is C22H38O3Si. The summed E-state index contributed by atoms with van der Waals surface area (Å²) in [5.74, 6) is -0.371. The van der Waals surface area contributed by atoms with E-state index >= 15 is 0 Å². The average molecular weight is 379 g/mol. The summed E-state index contributed by atoms with van der Waals surface area (Å²) in [4.78, 5) is 12.7. The van der Waals surface area contributed by atoms with Gasteiger partial charge in [0.1, 0.15) is 5.78 Å². The molecule has 0 aliphatic carbocycles. The van der Waals surface area contributed by atoms with Crippen LogP contribution in [0.5, 0.6) is 0 Å². The maximum Gasteiger partial charge on any atom is 0.200 e. The fourth-order valence-corrected chi connectivity index (χ4v) is 9.98. The molecular weight excluding hydrogens is 340 g/mol. The molecule has 1 N–H and O–H groups in total. The van der Waals surface area contributed by atoms with Crippen molar-refractivity contribution in [2.75, 3.05) is 0 Å². The lowest BCUT2D eigenvalue weighted by molar-refractivity contribution is -0.127. The van der Waals surface area contributed by atoms with Crippen LogP contribution in [0, 0.1) is 5.92 Å². The number of carbonyl (C=O) groups excluding carboxylic acids is 1. The lowest BCUT2D eigenvalue weighted by Crippen LogP contribution is -2.50. The first-order valence-corrected chi connectivity index (χ1v) is 12.1. The Morgan fingerprint density at radius 3 is 1.81 bits per heavy atom. The number of Topliss-reactive ketones (excluding diaryl/α,β-unsaturated/α-hetero) is 1. The molecule has 4 heteroatoms. The highest BCUT2D eigenvalue weighted by atomic mass is 28.4. The summed E-state index contributed by atoms with van der Waals surface area (Å²) in [7, 11) is -2.00. The Balaban J connectivity index is 2.82. The van der Waals surface area contributed by atoms with E-state index in [0.717, 1.165) is 5.56 Å². The van der Waals surface area contributed by atoms with Crippen molar-refractivity contribution in [1.82, 2.24) is 0 Å². The van der Waals surface area contributed by atoms with Crippen molar-refractivity contribution in [1.29, 1.82) is 0 Å². The Hall–Kier alpha value is -0.973. The molecule has 1 aromatic carbocycles. The van der Waals surface area contributed by atoms with Crippen LogP contribution >= 0.6 is 0 Å². The first kappa shape index (κ1) is 23.1. The van der Waals surface area contributed by atoms with Crippen molar-refractivity contribution in [3.05, 3.63) is 35.9 Å². The fraction of sp³-hybridized carbons (Fsp3) is 0.682. The SMILES string of the molecule is CC(C)[Si](O[C@@H](C)CC(=O)[C@@H](C)C(O)c1ccccc1)(C(C)C)C(C)C. The van der Waals surface area contributed by atoms with Gasteiger partial charge in [-0.05, 0) is 29.1 Å². The summed E-state index contributed by atoms with van der Waals surface area (Å²) in [5.41, 5.74) is 2.27. The zero-order valence-electron chi connectivity index (χ0n) is 17.8. The normalized spacial score (nSPS) is 16.2. The number of hydrogen-bond donors (Lipinski definition) is 1. The quantitative estimate of drug-likeness (QED) is 0.516. The Labute approximate surface area is 161 Å². The summed E-state index contributed by atoms with van der Waals surface area (Å²) in [6.45, 7) is 17.3. The summed E-state index contributed by atoms with van der Waals surface area (Å²) in [6, 6.07) is 9.41. The van der Waals surface area contributed by atoms with Crippen LogP contribution in [-0.4, -0.2) is 25.3 Å². The van der Waals surface area contributed by atoms with Crippen LogP contribution in [0.4, 0.5) is 0 Å². The predicted molar refractivity (Wildman–Crippen MR) is 112 cm³/mol. The molecule has 3 atom stereocenters. The van der Waals surface area contributed by atoms with Crippen LogP contribution in [0.3, 0.4) is 0 Å². The predicted octanol–water partition coefficient (Wildman–Crippen LogP) is 5.90. The highest BCUT2D eigenvalue weighted by Gasteiger charge is 2.46. The van der Waals surface area contributed by atoms with Gasteiger partial charge < -0.3 is 9.53 Å². The third-order valence-corrected chi connectivity index (χ3v) is 11.9. The molecule has 0 heterocycles. The molecule has 0 saturated heterocycles. The minimum atomic E-state index is -2.00. The van der Waals surface area contributed by atoms with Crippen LogP contribution in [0.25, 0.3) is 0 Å². The van der Waals surface area contributed by atoms with Crippen molar-refractivity contribution in [3.63, 3.8) is 0 Å². The van der Waals surface area contributed by atoms with E-state index in [2.05, 4.69) is 41.5 Å². The van der Waals surface area contributed by atoms with Crippen LogP contribution in [0.15, 0.2) is 30.3 Å². The first-order valence-electron chi connectivity index (χ1n) is 9.97. The maximum absolute atomic E-state index is 12.7. The van der Waals surface area contributed by atoms with Gasteiger partial charge in [0.2, 0.25) is 8.32 Å². The van der Waals surface area contributed by atoms with Gasteiger partial charge in [0.05, 0.1) is 6.10 Å². The number of rotatable bonds is 10. The van der Waals surface area contributed by atoms with Gasteiger partial charge in [-0.15, -0.1) is 0 Å². The average Bonchev–Trinajstić information content (AvgIpc) is 2.57. The third kappa shape index (κ3) is 5.27. The molecule has 0 bridgehead atoms. The van der Waals surface area contributed by atoms with Crippen molar-refractivity contribution in [2.45, 2.75) is 90.6 Å². The van der Waals surface area contributed by atoms with E-state index in [0.29, 0.717) is 23.0 Å². The molecule has 0 aliphatic rings. The van der Waals surface area contributed by atoms with Crippen LogP contribution in [0.1, 0.15) is 73.5 Å². The number of ketones is 1. The van der Waals surface area contributed by atoms with E-state index in [4.69, 9.17) is 4.43 Å². The molecule has 148 valence electrons. The van der Waals surface area contributed by atoms with Gasteiger partial charge in [-0.2, -0.15) is 0 Å². The Kier molecular flexibility index (Phi) is 8.71. The number of benzene rings is 1. The van der Waals surface area contributed by atoms with Crippen molar-refractivity contribution < 1.29 is 14.3 Å². The van der Waals surface area contributed by atoms with Crippen LogP contribution in [0.2, 0.25) is 16.6 Å². The van der Waals surface area contributed by atoms with E-state index in [-0.39, 0.29) is 11.9 Å². The smallest absolute Gasteiger partial charge is 0.200 e. The van der Waals surface area contributed by atoms with E-state index in [1.54, 1.807) is 0 Å². The second-order valence-corrected chi connectivity index (χ2v) is 14.0. The molecule has 0 spiro atoms. The molecule has 1 unspecified atom stereocenters. The number of hydrogen-bond acceptors (Lipinski definition) is 3. The molecule has 0 radical (unpaired) electrons. The number of aliphatic hydroxyl groups is 1. The van der Waals surface area contributed by atoms with Gasteiger partial charge in [0.25, 0.3) is 0 Å². The van der Waals surface area contributed by atoms with Gasteiger partial charge in [-0.1, -0.05) is 78.8 Å². The van der Waals surface area contributed by atoms with Gasteiger partial charge in [0, 0.05) is 18.4 Å². The van der Waals surface area contributed by atoms with Gasteiger partial charge in [-0.3, -0.25) is 4.79 Å². The Morgan fingerprint density at radius 2 is 1.38 bits per heavy atom. The maximum atomic E-state index is 12.7. The van der Waals surface area contributed by atoms with E-state index < -0.39 is 20.3 Å². The number of aliphatic hydroxyl groups excluding tert-OH is 1. The largest absolute Gasteiger partial charge is 0.413 e. The minimum Gasteiger partial charge on any atom is -0.413 e. The molecule has 0 saturated carbocycles. The van der Waals surface area contributed by atoms with E-state index in [9.17, 15) is 9.90 Å². The second-order valence-electron chi connectivity index (χ2n) is 8.56. The van der Waals surface area contributed by atoms with E-state index in [1.165, 1.54) is 0 Å². The highest BCUT2D eigenvalue weighted by molar-refractivity contribution is 6.77. The van der Waals surface area contributed by atoms with Crippen LogP contribution in [-0.2, 0) is 9.22 Å². The topological polar surface area (TPSA) is 46.5 Å². The summed E-state index contributed by atoms with van der Waals surface area (Å²) in [6.07, 6.45) is -0.531. The highest BCUT2D eigenvalue weighted by Crippen LogP contribution is 2.43. The third-order valence-electron chi connectivity index (χ3n) is 5.72. The summed E-state index contributed by atoms with van der Waals surface area (Å²) < 4.78 is 6.67. The Morgan fingerprint density at radius 1 is 0.923 bits per heavy atom. The van der Waals surface area contributed by atoms with E-state index in [1.807, 2.05) is 44.2 Å². The zero-order valence-corrected chi connectivity index (χ0v) is 18.8. The molecule has 0 aliphatic heterocycles. The second kappa shape index (κ2) is 9.82. The molecule has 0 amide bonds. The van der Waals surface area contributed by atoms with Gasteiger partial charge in [-0.25, -0.2) is 0 Å². The fourth-order valence-electron chi connectivity index (χ4n) is 4.38.